The summed E-state index contributed by atoms with van der Waals surface area (Å²) in [6.45, 7) is 0.870. The molecular formula is C13H17N3O. The van der Waals surface area contributed by atoms with Crippen molar-refractivity contribution in [1.29, 1.82) is 0 Å². The van der Waals surface area contributed by atoms with E-state index in [9.17, 15) is 4.79 Å². The van der Waals surface area contributed by atoms with Crippen LogP contribution < -0.4 is 5.73 Å². The van der Waals surface area contributed by atoms with Gasteiger partial charge in [0.15, 0.2) is 0 Å². The van der Waals surface area contributed by atoms with Crippen molar-refractivity contribution >= 4 is 5.91 Å². The van der Waals surface area contributed by atoms with Gasteiger partial charge in [0.25, 0.3) is 0 Å². The minimum absolute atomic E-state index is 0.0810. The lowest BCUT2D eigenvalue weighted by molar-refractivity contribution is -0.133. The molecule has 0 radical (unpaired) electrons. The summed E-state index contributed by atoms with van der Waals surface area (Å²) in [4.78, 5) is 18.3. The molecular weight excluding hydrogens is 214 g/mol. The van der Waals surface area contributed by atoms with Crippen LogP contribution in [0.2, 0.25) is 0 Å². The topological polar surface area (TPSA) is 59.2 Å². The summed E-state index contributed by atoms with van der Waals surface area (Å²) < 4.78 is 0. The molecule has 3 atom stereocenters. The molecule has 3 unspecified atom stereocenters. The second-order valence-electron chi connectivity index (χ2n) is 4.98. The van der Waals surface area contributed by atoms with E-state index in [1.54, 1.807) is 12.4 Å². The van der Waals surface area contributed by atoms with Crippen molar-refractivity contribution in [2.24, 2.45) is 11.7 Å². The Hall–Kier alpha value is -1.42. The standard InChI is InChI=1S/C13H17N3O/c14-11-8-10(11)13(17)16-7-1-2-12(16)9-3-5-15-6-4-9/h3-6,10-12H,1-2,7-8,14H2. The van der Waals surface area contributed by atoms with Gasteiger partial charge in [-0.05, 0) is 37.0 Å². The van der Waals surface area contributed by atoms with Gasteiger partial charge in [0.05, 0.1) is 12.0 Å². The maximum absolute atomic E-state index is 12.2. The number of carbonyl (C=O) groups excluding carboxylic acids is 1. The lowest BCUT2D eigenvalue weighted by atomic mass is 10.1. The molecule has 1 aliphatic heterocycles. The first-order chi connectivity index (χ1) is 8.27. The Labute approximate surface area is 101 Å². The van der Waals surface area contributed by atoms with E-state index in [0.717, 1.165) is 25.8 Å². The van der Waals surface area contributed by atoms with E-state index < -0.39 is 0 Å². The van der Waals surface area contributed by atoms with Crippen LogP contribution in [0.5, 0.6) is 0 Å². The molecule has 3 rings (SSSR count). The van der Waals surface area contributed by atoms with E-state index in [4.69, 9.17) is 5.73 Å². The summed E-state index contributed by atoms with van der Waals surface area (Å²) in [5, 5.41) is 0. The monoisotopic (exact) mass is 231 g/mol. The fraction of sp³-hybridized carbons (Fsp3) is 0.538. The van der Waals surface area contributed by atoms with Gasteiger partial charge >= 0.3 is 0 Å². The van der Waals surface area contributed by atoms with Crippen molar-refractivity contribution in [2.75, 3.05) is 6.54 Å². The van der Waals surface area contributed by atoms with Gasteiger partial charge in [-0.2, -0.15) is 0 Å². The van der Waals surface area contributed by atoms with Crippen LogP contribution in [-0.4, -0.2) is 28.4 Å². The lowest BCUT2D eigenvalue weighted by Gasteiger charge is -2.25. The van der Waals surface area contributed by atoms with Gasteiger partial charge in [0.2, 0.25) is 5.91 Å². The third-order valence-electron chi connectivity index (χ3n) is 3.78. The second-order valence-corrected chi connectivity index (χ2v) is 4.98. The molecule has 0 spiro atoms. The van der Waals surface area contributed by atoms with E-state index in [2.05, 4.69) is 4.98 Å². The molecule has 1 saturated carbocycles. The molecule has 1 aliphatic carbocycles. The van der Waals surface area contributed by atoms with Gasteiger partial charge in [-0.1, -0.05) is 0 Å². The van der Waals surface area contributed by atoms with E-state index >= 15 is 0 Å². The van der Waals surface area contributed by atoms with Crippen LogP contribution in [0, 0.1) is 5.92 Å². The van der Waals surface area contributed by atoms with Gasteiger partial charge in [0.1, 0.15) is 0 Å². The average molecular weight is 231 g/mol. The molecule has 0 bridgehead atoms. The number of likely N-dealkylation sites (tertiary alicyclic amines) is 1. The van der Waals surface area contributed by atoms with Crippen LogP contribution in [0.1, 0.15) is 30.9 Å². The summed E-state index contributed by atoms with van der Waals surface area (Å²) in [5.41, 5.74) is 6.96. The number of amides is 1. The molecule has 4 heteroatoms. The number of aromatic nitrogens is 1. The minimum atomic E-state index is 0.0810. The van der Waals surface area contributed by atoms with Crippen molar-refractivity contribution in [3.8, 4) is 0 Å². The zero-order chi connectivity index (χ0) is 11.8. The maximum Gasteiger partial charge on any atom is 0.227 e. The molecule has 2 aliphatic rings. The molecule has 4 nitrogen and oxygen atoms in total. The fourth-order valence-corrected chi connectivity index (χ4v) is 2.67. The first-order valence-electron chi connectivity index (χ1n) is 6.23. The molecule has 17 heavy (non-hydrogen) atoms. The number of carbonyl (C=O) groups is 1. The van der Waals surface area contributed by atoms with Crippen molar-refractivity contribution in [3.63, 3.8) is 0 Å². The first-order valence-corrected chi connectivity index (χ1v) is 6.23. The number of hydrogen-bond acceptors (Lipinski definition) is 3. The Balaban J connectivity index is 1.78. The third kappa shape index (κ3) is 1.93. The highest BCUT2D eigenvalue weighted by atomic mass is 16.2. The largest absolute Gasteiger partial charge is 0.335 e. The molecule has 0 aromatic carbocycles. The van der Waals surface area contributed by atoms with Crippen LogP contribution in [0.4, 0.5) is 0 Å². The van der Waals surface area contributed by atoms with E-state index in [1.165, 1.54) is 5.56 Å². The van der Waals surface area contributed by atoms with Crippen molar-refractivity contribution in [2.45, 2.75) is 31.3 Å². The lowest BCUT2D eigenvalue weighted by Crippen LogP contribution is -2.33. The highest BCUT2D eigenvalue weighted by Gasteiger charge is 2.44. The minimum Gasteiger partial charge on any atom is -0.335 e. The SMILES string of the molecule is NC1CC1C(=O)N1CCCC1c1ccncc1. The molecule has 2 N–H and O–H groups in total. The predicted molar refractivity (Wildman–Crippen MR) is 64.0 cm³/mol. The van der Waals surface area contributed by atoms with Crippen LogP contribution in [0.3, 0.4) is 0 Å². The molecule has 2 heterocycles. The Kier molecular flexibility index (Phi) is 2.59. The third-order valence-corrected chi connectivity index (χ3v) is 3.78. The zero-order valence-corrected chi connectivity index (χ0v) is 9.75. The van der Waals surface area contributed by atoms with E-state index in [1.807, 2.05) is 17.0 Å². The number of rotatable bonds is 2. The molecule has 1 saturated heterocycles. The maximum atomic E-state index is 12.2. The summed E-state index contributed by atoms with van der Waals surface area (Å²) in [7, 11) is 0. The molecule has 1 aromatic rings. The van der Waals surface area contributed by atoms with Gasteiger partial charge in [-0.3, -0.25) is 9.78 Å². The quantitative estimate of drug-likeness (QED) is 0.829. The summed E-state index contributed by atoms with van der Waals surface area (Å²) in [6, 6.07) is 4.34. The molecule has 1 aromatic heterocycles. The van der Waals surface area contributed by atoms with Gasteiger partial charge in [-0.15, -0.1) is 0 Å². The first kappa shape index (κ1) is 10.7. The smallest absolute Gasteiger partial charge is 0.227 e. The molecule has 90 valence electrons. The number of hydrogen-bond donors (Lipinski definition) is 1. The Morgan fingerprint density at radius 3 is 2.76 bits per heavy atom. The van der Waals surface area contributed by atoms with E-state index in [0.29, 0.717) is 0 Å². The number of nitrogens with zero attached hydrogens (tertiary/aromatic N) is 2. The van der Waals surface area contributed by atoms with Gasteiger partial charge in [-0.25, -0.2) is 0 Å². The Bertz CT molecular complexity index is 420. The van der Waals surface area contributed by atoms with Crippen molar-refractivity contribution < 1.29 is 4.79 Å². The van der Waals surface area contributed by atoms with Gasteiger partial charge in [0, 0.05) is 25.0 Å². The Morgan fingerprint density at radius 2 is 2.12 bits per heavy atom. The van der Waals surface area contributed by atoms with Gasteiger partial charge < -0.3 is 10.6 Å². The number of pyridine rings is 1. The summed E-state index contributed by atoms with van der Waals surface area (Å²) >= 11 is 0. The highest BCUT2D eigenvalue weighted by Crippen LogP contribution is 2.37. The zero-order valence-electron chi connectivity index (χ0n) is 9.75. The van der Waals surface area contributed by atoms with E-state index in [-0.39, 0.29) is 23.9 Å². The van der Waals surface area contributed by atoms with Crippen molar-refractivity contribution in [1.82, 2.24) is 9.88 Å². The summed E-state index contributed by atoms with van der Waals surface area (Å²) in [6.07, 6.45) is 6.58. The average Bonchev–Trinajstić information content (AvgIpc) is 2.92. The normalized spacial score (nSPS) is 31.6. The highest BCUT2D eigenvalue weighted by molar-refractivity contribution is 5.83. The van der Waals surface area contributed by atoms with Crippen LogP contribution in [0.15, 0.2) is 24.5 Å². The van der Waals surface area contributed by atoms with Crippen LogP contribution in [0.25, 0.3) is 0 Å². The molecule has 2 fully saturated rings. The summed E-state index contributed by atoms with van der Waals surface area (Å²) in [5.74, 6) is 0.328. The second kappa shape index (κ2) is 4.11. The van der Waals surface area contributed by atoms with Crippen LogP contribution >= 0.6 is 0 Å². The number of nitrogens with two attached hydrogens (primary N) is 1. The molecule has 1 amide bonds. The fourth-order valence-electron chi connectivity index (χ4n) is 2.67. The van der Waals surface area contributed by atoms with Crippen LogP contribution in [-0.2, 0) is 4.79 Å². The Morgan fingerprint density at radius 1 is 1.41 bits per heavy atom. The predicted octanol–water partition coefficient (Wildman–Crippen LogP) is 1.09. The van der Waals surface area contributed by atoms with Crippen molar-refractivity contribution in [3.05, 3.63) is 30.1 Å².